The first-order valence-electron chi connectivity index (χ1n) is 4.11. The van der Waals surface area contributed by atoms with Gasteiger partial charge in [0.2, 0.25) is 0 Å². The maximum atomic E-state index is 8.94. The van der Waals surface area contributed by atoms with E-state index in [1.807, 2.05) is 0 Å². The van der Waals surface area contributed by atoms with Crippen molar-refractivity contribution in [2.24, 2.45) is 22.6 Å². The third kappa shape index (κ3) is 4.25. The molecule has 3 N–H and O–H groups in total. The van der Waals surface area contributed by atoms with Gasteiger partial charge >= 0.3 is 0 Å². The molecule has 12 heavy (non-hydrogen) atoms. The van der Waals surface area contributed by atoms with Crippen molar-refractivity contribution in [1.82, 2.24) is 0 Å². The predicted molar refractivity (Wildman–Crippen MR) is 60.9 cm³/mol. The Balaban J connectivity index is 0.00000121. The monoisotopic (exact) mass is 284 g/mol. The molecule has 1 aliphatic rings. The van der Waals surface area contributed by atoms with Crippen LogP contribution in [0, 0.1) is 11.8 Å². The van der Waals surface area contributed by atoms with E-state index in [9.17, 15) is 0 Å². The van der Waals surface area contributed by atoms with Crippen LogP contribution in [0.1, 0.15) is 19.8 Å². The van der Waals surface area contributed by atoms with Gasteiger partial charge in [-0.3, -0.25) is 4.99 Å². The molecule has 1 fully saturated rings. The number of hydrogen-bond acceptors (Lipinski definition) is 2. The molecule has 0 radical (unpaired) electrons. The van der Waals surface area contributed by atoms with Crippen molar-refractivity contribution < 1.29 is 5.11 Å². The molecular weight excluding hydrogens is 267 g/mol. The van der Waals surface area contributed by atoms with E-state index >= 15 is 0 Å². The van der Waals surface area contributed by atoms with Crippen LogP contribution in [-0.4, -0.2) is 24.1 Å². The normalized spacial score (nSPS) is 20.0. The van der Waals surface area contributed by atoms with Crippen LogP contribution in [0.2, 0.25) is 0 Å². The lowest BCUT2D eigenvalue weighted by molar-refractivity contribution is 0.215. The van der Waals surface area contributed by atoms with Crippen molar-refractivity contribution >= 4 is 29.8 Å². The van der Waals surface area contributed by atoms with E-state index in [2.05, 4.69) is 4.99 Å². The minimum absolute atomic E-state index is 0. The van der Waals surface area contributed by atoms with Gasteiger partial charge in [0.05, 0.1) is 5.84 Å². The Kier molecular flexibility index (Phi) is 5.82. The van der Waals surface area contributed by atoms with Gasteiger partial charge in [-0.05, 0) is 25.7 Å². The van der Waals surface area contributed by atoms with Gasteiger partial charge in [-0.25, -0.2) is 0 Å². The van der Waals surface area contributed by atoms with E-state index in [0.29, 0.717) is 24.2 Å². The largest absolute Gasteiger partial charge is 0.396 e. The summed E-state index contributed by atoms with van der Waals surface area (Å²) in [5, 5.41) is 8.94. The summed E-state index contributed by atoms with van der Waals surface area (Å²) in [5.74, 6) is 1.68. The van der Waals surface area contributed by atoms with Gasteiger partial charge in [0.25, 0.3) is 0 Å². The molecule has 4 heteroatoms. The molecule has 3 nitrogen and oxygen atoms in total. The van der Waals surface area contributed by atoms with Crippen LogP contribution in [0.25, 0.3) is 0 Å². The summed E-state index contributed by atoms with van der Waals surface area (Å²) in [5.41, 5.74) is 5.38. The molecule has 0 heterocycles. The summed E-state index contributed by atoms with van der Waals surface area (Å²) in [6.07, 6.45) is 2.51. The molecule has 0 aromatic carbocycles. The average molecular weight is 284 g/mol. The van der Waals surface area contributed by atoms with Gasteiger partial charge in [0.1, 0.15) is 0 Å². The van der Waals surface area contributed by atoms with E-state index < -0.39 is 0 Å². The van der Waals surface area contributed by atoms with Crippen LogP contribution < -0.4 is 5.73 Å². The van der Waals surface area contributed by atoms with Gasteiger partial charge in [-0.2, -0.15) is 0 Å². The van der Waals surface area contributed by atoms with Crippen LogP contribution in [0.3, 0.4) is 0 Å². The predicted octanol–water partition coefficient (Wildman–Crippen LogP) is 1.000. The lowest BCUT2D eigenvalue weighted by atomic mass is 10.1. The van der Waals surface area contributed by atoms with Crippen LogP contribution >= 0.6 is 24.0 Å². The van der Waals surface area contributed by atoms with Gasteiger partial charge in [-0.15, -0.1) is 24.0 Å². The first-order valence-corrected chi connectivity index (χ1v) is 4.11. The zero-order chi connectivity index (χ0) is 8.27. The summed E-state index contributed by atoms with van der Waals surface area (Å²) in [7, 11) is 0. The highest BCUT2D eigenvalue weighted by Gasteiger charge is 2.30. The second-order valence-corrected chi connectivity index (χ2v) is 3.26. The van der Waals surface area contributed by atoms with E-state index in [4.69, 9.17) is 10.8 Å². The standard InChI is InChI=1S/C8H16N2O.HI/c1-6(9)10-4-8(5-11)7-2-3-7;/h7-8,11H,2-5H2,1H3,(H2,9,10);1H. The third-order valence-corrected chi connectivity index (χ3v) is 2.10. The first kappa shape index (κ1) is 12.2. The Morgan fingerprint density at radius 1 is 1.67 bits per heavy atom. The maximum absolute atomic E-state index is 8.94. The van der Waals surface area contributed by atoms with Crippen molar-refractivity contribution in [3.05, 3.63) is 0 Å². The fourth-order valence-corrected chi connectivity index (χ4v) is 1.18. The van der Waals surface area contributed by atoms with Crippen molar-refractivity contribution in [2.45, 2.75) is 19.8 Å². The van der Waals surface area contributed by atoms with E-state index in [-0.39, 0.29) is 30.6 Å². The van der Waals surface area contributed by atoms with Gasteiger partial charge in [-0.1, -0.05) is 0 Å². The molecule has 1 atom stereocenters. The summed E-state index contributed by atoms with van der Waals surface area (Å²) < 4.78 is 0. The fourth-order valence-electron chi connectivity index (χ4n) is 1.18. The number of nitrogens with zero attached hydrogens (tertiary/aromatic N) is 1. The fraction of sp³-hybridized carbons (Fsp3) is 0.875. The molecule has 1 saturated carbocycles. The van der Waals surface area contributed by atoms with Crippen molar-refractivity contribution in [2.75, 3.05) is 13.2 Å². The van der Waals surface area contributed by atoms with E-state index in [1.165, 1.54) is 12.8 Å². The molecular formula is C8H17IN2O. The van der Waals surface area contributed by atoms with Crippen molar-refractivity contribution in [3.63, 3.8) is 0 Å². The molecule has 0 bridgehead atoms. The number of hydrogen-bond donors (Lipinski definition) is 2. The van der Waals surface area contributed by atoms with Gasteiger partial charge in [0.15, 0.2) is 0 Å². The molecule has 1 aliphatic carbocycles. The number of aliphatic imine (C=N–C) groups is 1. The van der Waals surface area contributed by atoms with Crippen molar-refractivity contribution in [3.8, 4) is 0 Å². The Hall–Kier alpha value is 0.160. The number of aliphatic hydroxyl groups excluding tert-OH is 1. The SMILES string of the molecule is CC(N)=NCC(CO)C1CC1.I. The highest BCUT2D eigenvalue weighted by molar-refractivity contribution is 14.0. The summed E-state index contributed by atoms with van der Waals surface area (Å²) in [6, 6.07) is 0. The van der Waals surface area contributed by atoms with Gasteiger partial charge in [0, 0.05) is 19.1 Å². The molecule has 0 aliphatic heterocycles. The van der Waals surface area contributed by atoms with Crippen LogP contribution in [-0.2, 0) is 0 Å². The minimum atomic E-state index is 0. The molecule has 72 valence electrons. The second kappa shape index (κ2) is 5.75. The highest BCUT2D eigenvalue weighted by atomic mass is 127. The topological polar surface area (TPSA) is 58.6 Å². The number of amidine groups is 1. The Morgan fingerprint density at radius 3 is 2.58 bits per heavy atom. The zero-order valence-electron chi connectivity index (χ0n) is 7.36. The Morgan fingerprint density at radius 2 is 2.25 bits per heavy atom. The molecule has 0 aromatic heterocycles. The summed E-state index contributed by atoms with van der Waals surface area (Å²) in [4.78, 5) is 4.09. The first-order chi connectivity index (χ1) is 5.24. The van der Waals surface area contributed by atoms with Gasteiger partial charge < -0.3 is 10.8 Å². The van der Waals surface area contributed by atoms with Crippen LogP contribution in [0.4, 0.5) is 0 Å². The average Bonchev–Trinajstić information content (AvgIpc) is 2.72. The number of aliphatic hydroxyl groups is 1. The Bertz CT molecular complexity index is 153. The van der Waals surface area contributed by atoms with Crippen LogP contribution in [0.15, 0.2) is 4.99 Å². The minimum Gasteiger partial charge on any atom is -0.396 e. The molecule has 0 aromatic rings. The van der Waals surface area contributed by atoms with E-state index in [1.54, 1.807) is 6.92 Å². The molecule has 0 amide bonds. The number of halogens is 1. The lowest BCUT2D eigenvalue weighted by Crippen LogP contribution is -2.15. The summed E-state index contributed by atoms with van der Waals surface area (Å²) >= 11 is 0. The second-order valence-electron chi connectivity index (χ2n) is 3.26. The molecule has 1 unspecified atom stereocenters. The number of nitrogens with two attached hydrogens (primary N) is 1. The lowest BCUT2D eigenvalue weighted by Gasteiger charge is -2.08. The molecule has 0 saturated heterocycles. The maximum Gasteiger partial charge on any atom is 0.0905 e. The summed E-state index contributed by atoms with van der Waals surface area (Å²) in [6.45, 7) is 2.73. The van der Waals surface area contributed by atoms with Crippen molar-refractivity contribution in [1.29, 1.82) is 0 Å². The highest BCUT2D eigenvalue weighted by Crippen LogP contribution is 2.36. The zero-order valence-corrected chi connectivity index (χ0v) is 9.69. The number of rotatable bonds is 4. The van der Waals surface area contributed by atoms with Crippen LogP contribution in [0.5, 0.6) is 0 Å². The molecule has 1 rings (SSSR count). The quantitative estimate of drug-likeness (QED) is 0.459. The smallest absolute Gasteiger partial charge is 0.0905 e. The Labute approximate surface area is 90.5 Å². The third-order valence-electron chi connectivity index (χ3n) is 2.10. The van der Waals surface area contributed by atoms with E-state index in [0.717, 1.165) is 0 Å². The molecule has 0 spiro atoms.